The lowest BCUT2D eigenvalue weighted by molar-refractivity contribution is 1.13. The standard InChI is InChI=1S/C67H48N4/c1-41-6-14-47(15-7-41)51-22-26-62-58(33-51)59-34-52(48-16-8-42(2)9-17-48)23-27-63(59)70(62)66-38-57(55-31-45(5)30-46(32-55)39-68)67(37-56(66)40-69)71-64-28-24-53(49-18-10-43(3)11-19-49)35-60(64)61-36-54(25-29-65(61)71)50-20-12-44(4)13-21-50/h6-38H,1-5H3. The Bertz CT molecular complexity index is 3980. The molecule has 0 radical (unpaired) electrons. The molecular formula is C67H48N4. The fourth-order valence-electron chi connectivity index (χ4n) is 10.5. The molecule has 0 N–H and O–H groups in total. The van der Waals surface area contributed by atoms with Crippen LogP contribution in [0, 0.1) is 57.3 Å². The molecule has 0 aliphatic carbocycles. The van der Waals surface area contributed by atoms with Gasteiger partial charge in [-0.1, -0.05) is 150 Å². The summed E-state index contributed by atoms with van der Waals surface area (Å²) in [6, 6.07) is 77.1. The molecule has 0 aliphatic heterocycles. The summed E-state index contributed by atoms with van der Waals surface area (Å²) >= 11 is 0. The van der Waals surface area contributed by atoms with Crippen molar-refractivity contribution < 1.29 is 0 Å². The molecule has 4 nitrogen and oxygen atoms in total. The van der Waals surface area contributed by atoms with E-state index in [1.54, 1.807) is 0 Å². The molecule has 2 heterocycles. The van der Waals surface area contributed by atoms with Crippen LogP contribution in [0.3, 0.4) is 0 Å². The van der Waals surface area contributed by atoms with Crippen molar-refractivity contribution in [1.82, 2.24) is 9.13 Å². The number of hydrogen-bond donors (Lipinski definition) is 0. The highest BCUT2D eigenvalue weighted by molar-refractivity contribution is 6.14. The van der Waals surface area contributed by atoms with Gasteiger partial charge in [0.05, 0.1) is 50.6 Å². The molecule has 0 unspecified atom stereocenters. The summed E-state index contributed by atoms with van der Waals surface area (Å²) in [5.41, 5.74) is 23.5. The third-order valence-corrected chi connectivity index (χ3v) is 14.3. The van der Waals surface area contributed by atoms with Crippen molar-refractivity contribution in [3.63, 3.8) is 0 Å². The molecule has 0 atom stereocenters. The van der Waals surface area contributed by atoms with Crippen LogP contribution < -0.4 is 0 Å². The Balaban J connectivity index is 1.16. The third-order valence-electron chi connectivity index (χ3n) is 14.3. The van der Waals surface area contributed by atoms with Gasteiger partial charge in [-0.25, -0.2) is 0 Å². The second kappa shape index (κ2) is 17.1. The van der Waals surface area contributed by atoms with Gasteiger partial charge in [0, 0.05) is 27.1 Å². The Morgan fingerprint density at radius 3 is 0.958 bits per heavy atom. The molecule has 0 fully saturated rings. The summed E-state index contributed by atoms with van der Waals surface area (Å²) < 4.78 is 4.59. The molecule has 0 saturated carbocycles. The molecule has 0 spiro atoms. The van der Waals surface area contributed by atoms with Gasteiger partial charge in [0.2, 0.25) is 0 Å². The van der Waals surface area contributed by atoms with Crippen LogP contribution in [-0.4, -0.2) is 9.13 Å². The van der Waals surface area contributed by atoms with Gasteiger partial charge < -0.3 is 9.13 Å². The van der Waals surface area contributed by atoms with E-state index in [9.17, 15) is 10.5 Å². The van der Waals surface area contributed by atoms with Crippen molar-refractivity contribution in [2.75, 3.05) is 0 Å². The molecule has 2 aromatic heterocycles. The summed E-state index contributed by atoms with van der Waals surface area (Å²) in [6.45, 7) is 10.5. The van der Waals surface area contributed by atoms with Gasteiger partial charge in [0.15, 0.2) is 0 Å². The minimum Gasteiger partial charge on any atom is -0.309 e. The third kappa shape index (κ3) is 7.55. The van der Waals surface area contributed by atoms with Crippen LogP contribution in [0.5, 0.6) is 0 Å². The largest absolute Gasteiger partial charge is 0.309 e. The molecule has 0 amide bonds. The number of aromatic nitrogens is 2. The fraction of sp³-hybridized carbons (Fsp3) is 0.0746. The average molecular weight is 909 g/mol. The fourth-order valence-corrected chi connectivity index (χ4v) is 10.5. The summed E-state index contributed by atoms with van der Waals surface area (Å²) in [5.74, 6) is 0. The number of benzene rings is 10. The van der Waals surface area contributed by atoms with E-state index in [4.69, 9.17) is 0 Å². The van der Waals surface area contributed by atoms with Crippen LogP contribution in [0.15, 0.2) is 200 Å². The number of nitrogens with zero attached hydrogens (tertiary/aromatic N) is 4. The van der Waals surface area contributed by atoms with Gasteiger partial charge in [-0.05, 0) is 163 Å². The van der Waals surface area contributed by atoms with E-state index in [1.165, 1.54) is 22.3 Å². The molecule has 71 heavy (non-hydrogen) atoms. The first-order valence-corrected chi connectivity index (χ1v) is 24.2. The first kappa shape index (κ1) is 43.1. The zero-order valence-electron chi connectivity index (χ0n) is 40.3. The normalized spacial score (nSPS) is 11.4. The predicted octanol–water partition coefficient (Wildman–Crippen LogP) is 17.5. The first-order valence-electron chi connectivity index (χ1n) is 24.2. The number of rotatable bonds is 7. The Morgan fingerprint density at radius 2 is 0.620 bits per heavy atom. The van der Waals surface area contributed by atoms with E-state index in [2.05, 4.69) is 237 Å². The van der Waals surface area contributed by atoms with E-state index in [-0.39, 0.29) is 0 Å². The van der Waals surface area contributed by atoms with Crippen molar-refractivity contribution in [2.24, 2.45) is 0 Å². The van der Waals surface area contributed by atoms with Gasteiger partial charge in [-0.3, -0.25) is 0 Å². The number of hydrogen-bond acceptors (Lipinski definition) is 2. The molecule has 336 valence electrons. The van der Waals surface area contributed by atoms with Crippen molar-refractivity contribution in [3.8, 4) is 79.1 Å². The number of fused-ring (bicyclic) bond motifs is 6. The van der Waals surface area contributed by atoms with E-state index in [1.807, 2.05) is 19.1 Å². The Hall–Kier alpha value is -9.22. The van der Waals surface area contributed by atoms with Crippen molar-refractivity contribution in [3.05, 3.63) is 239 Å². The van der Waals surface area contributed by atoms with Gasteiger partial charge in [-0.15, -0.1) is 0 Å². The van der Waals surface area contributed by atoms with Gasteiger partial charge in [-0.2, -0.15) is 10.5 Å². The topological polar surface area (TPSA) is 57.4 Å². The molecule has 10 aromatic carbocycles. The minimum absolute atomic E-state index is 0.531. The van der Waals surface area contributed by atoms with E-state index in [0.717, 1.165) is 116 Å². The van der Waals surface area contributed by atoms with Crippen molar-refractivity contribution in [1.29, 1.82) is 10.5 Å². The molecule has 12 rings (SSSR count). The maximum atomic E-state index is 11.5. The van der Waals surface area contributed by atoms with Crippen LogP contribution in [0.4, 0.5) is 0 Å². The van der Waals surface area contributed by atoms with Gasteiger partial charge in [0.1, 0.15) is 6.07 Å². The Morgan fingerprint density at radius 1 is 0.282 bits per heavy atom. The van der Waals surface area contributed by atoms with Crippen LogP contribution in [-0.2, 0) is 0 Å². The molecule has 0 saturated heterocycles. The highest BCUT2D eigenvalue weighted by atomic mass is 15.0. The molecule has 0 bridgehead atoms. The first-order chi connectivity index (χ1) is 34.6. The van der Waals surface area contributed by atoms with Crippen LogP contribution in [0.2, 0.25) is 0 Å². The van der Waals surface area contributed by atoms with Crippen LogP contribution in [0.1, 0.15) is 38.9 Å². The average Bonchev–Trinajstić information content (AvgIpc) is 3.90. The maximum absolute atomic E-state index is 11.5. The lowest BCUT2D eigenvalue weighted by Gasteiger charge is -2.19. The maximum Gasteiger partial charge on any atom is 0.101 e. The molecule has 0 aliphatic rings. The van der Waals surface area contributed by atoms with E-state index in [0.29, 0.717) is 11.1 Å². The number of nitriles is 2. The monoisotopic (exact) mass is 908 g/mol. The Labute approximate surface area is 414 Å². The number of aryl methyl sites for hydroxylation is 5. The van der Waals surface area contributed by atoms with E-state index < -0.39 is 0 Å². The lowest BCUT2D eigenvalue weighted by atomic mass is 9.96. The minimum atomic E-state index is 0.531. The van der Waals surface area contributed by atoms with Gasteiger partial charge in [0.25, 0.3) is 0 Å². The molecular weight excluding hydrogens is 861 g/mol. The smallest absolute Gasteiger partial charge is 0.101 e. The van der Waals surface area contributed by atoms with Crippen molar-refractivity contribution in [2.45, 2.75) is 34.6 Å². The summed E-state index contributed by atoms with van der Waals surface area (Å²) in [6.07, 6.45) is 0. The summed E-state index contributed by atoms with van der Waals surface area (Å²) in [5, 5.41) is 26.3. The zero-order valence-corrected chi connectivity index (χ0v) is 40.3. The zero-order chi connectivity index (χ0) is 48.5. The molecule has 4 heteroatoms. The SMILES string of the molecule is Cc1ccc(-c2ccc3c(c2)c2cc(-c4ccc(C)cc4)ccc2n3-c2cc(-c3cc(C)cc(C#N)c3)c(-n3c4ccc(-c5ccc(C)cc5)cc4c4cc(-c5ccc(C)cc5)ccc43)cc2C#N)cc1. The summed E-state index contributed by atoms with van der Waals surface area (Å²) in [4.78, 5) is 0. The van der Waals surface area contributed by atoms with Crippen LogP contribution >= 0.6 is 0 Å². The Kier molecular flexibility index (Phi) is 10.4. The summed E-state index contributed by atoms with van der Waals surface area (Å²) in [7, 11) is 0. The predicted molar refractivity (Wildman–Crippen MR) is 295 cm³/mol. The molecule has 12 aromatic rings. The van der Waals surface area contributed by atoms with Crippen molar-refractivity contribution >= 4 is 43.6 Å². The second-order valence-electron chi connectivity index (χ2n) is 19.3. The highest BCUT2D eigenvalue weighted by Gasteiger charge is 2.24. The van der Waals surface area contributed by atoms with Gasteiger partial charge >= 0.3 is 0 Å². The second-order valence-corrected chi connectivity index (χ2v) is 19.3. The van der Waals surface area contributed by atoms with E-state index >= 15 is 0 Å². The lowest BCUT2D eigenvalue weighted by Crippen LogP contribution is -2.04. The quantitative estimate of drug-likeness (QED) is 0.160. The van der Waals surface area contributed by atoms with Crippen LogP contribution in [0.25, 0.3) is 111 Å². The highest BCUT2D eigenvalue weighted by Crippen LogP contribution is 2.44.